The first-order valence-corrected chi connectivity index (χ1v) is 6.58. The molecule has 3 heteroatoms. The van der Waals surface area contributed by atoms with Crippen LogP contribution in [0.2, 0.25) is 0 Å². The maximum atomic E-state index is 5.51. The summed E-state index contributed by atoms with van der Waals surface area (Å²) in [4.78, 5) is 2.20. The van der Waals surface area contributed by atoms with E-state index in [-0.39, 0.29) is 0 Å². The van der Waals surface area contributed by atoms with Gasteiger partial charge in [-0.15, -0.1) is 0 Å². The number of nitrogens with one attached hydrogen (secondary N) is 1. The third-order valence-corrected chi connectivity index (χ3v) is 3.44. The van der Waals surface area contributed by atoms with Crippen molar-refractivity contribution in [1.29, 1.82) is 0 Å². The molecule has 1 unspecified atom stereocenters. The van der Waals surface area contributed by atoms with Gasteiger partial charge in [-0.05, 0) is 64.6 Å². The molecule has 18 heavy (non-hydrogen) atoms. The summed E-state index contributed by atoms with van der Waals surface area (Å²) in [6, 6.07) is 6.98. The van der Waals surface area contributed by atoms with Gasteiger partial charge in [0.1, 0.15) is 5.75 Å². The van der Waals surface area contributed by atoms with Crippen LogP contribution in [0.25, 0.3) is 0 Å². The molecule has 0 aliphatic rings. The summed E-state index contributed by atoms with van der Waals surface area (Å²) in [5, 5.41) is 3.17. The van der Waals surface area contributed by atoms with Gasteiger partial charge in [0.15, 0.2) is 0 Å². The fraction of sp³-hybridized carbons (Fsp3) is 0.600. The molecule has 1 N–H and O–H groups in total. The molecule has 1 aromatic rings. The monoisotopic (exact) mass is 250 g/mol. The molecule has 1 rings (SSSR count). The Balaban J connectivity index is 2.82. The Labute approximate surface area is 111 Å². The fourth-order valence-corrected chi connectivity index (χ4v) is 1.98. The predicted molar refractivity (Wildman–Crippen MR) is 77.3 cm³/mol. The van der Waals surface area contributed by atoms with Crippen molar-refractivity contribution in [2.75, 3.05) is 34.8 Å². The quantitative estimate of drug-likeness (QED) is 0.752. The van der Waals surface area contributed by atoms with E-state index in [4.69, 9.17) is 4.74 Å². The largest absolute Gasteiger partial charge is 0.496 e. The van der Waals surface area contributed by atoms with Crippen LogP contribution in [0.4, 0.5) is 0 Å². The Bertz CT molecular complexity index is 364. The first-order valence-electron chi connectivity index (χ1n) is 6.58. The predicted octanol–water partition coefficient (Wildman–Crippen LogP) is 2.47. The second-order valence-electron chi connectivity index (χ2n) is 4.92. The smallest absolute Gasteiger partial charge is 0.122 e. The van der Waals surface area contributed by atoms with Gasteiger partial charge in [-0.3, -0.25) is 0 Å². The van der Waals surface area contributed by atoms with Crippen LogP contribution in [-0.4, -0.2) is 39.7 Å². The maximum Gasteiger partial charge on any atom is 0.122 e. The van der Waals surface area contributed by atoms with Gasteiger partial charge in [0.25, 0.3) is 0 Å². The third kappa shape index (κ3) is 4.00. The topological polar surface area (TPSA) is 24.5 Å². The van der Waals surface area contributed by atoms with Crippen molar-refractivity contribution >= 4 is 0 Å². The minimum atomic E-state index is 0.408. The molecule has 1 atom stereocenters. The van der Waals surface area contributed by atoms with Gasteiger partial charge in [0.2, 0.25) is 0 Å². The van der Waals surface area contributed by atoms with Crippen LogP contribution in [0.1, 0.15) is 30.5 Å². The Morgan fingerprint density at radius 1 is 1.33 bits per heavy atom. The lowest BCUT2D eigenvalue weighted by Gasteiger charge is -2.21. The number of rotatable bonds is 7. The molecule has 0 aromatic heterocycles. The molecular formula is C15H26N2O. The molecule has 0 spiro atoms. The zero-order chi connectivity index (χ0) is 13.5. The van der Waals surface area contributed by atoms with Crippen molar-refractivity contribution in [3.63, 3.8) is 0 Å². The first-order chi connectivity index (χ1) is 8.60. The number of hydrogen-bond acceptors (Lipinski definition) is 3. The van der Waals surface area contributed by atoms with Crippen LogP contribution in [0, 0.1) is 0 Å². The van der Waals surface area contributed by atoms with Crippen molar-refractivity contribution < 1.29 is 4.74 Å². The highest BCUT2D eigenvalue weighted by atomic mass is 16.5. The summed E-state index contributed by atoms with van der Waals surface area (Å²) >= 11 is 0. The summed E-state index contributed by atoms with van der Waals surface area (Å²) in [5.41, 5.74) is 2.59. The van der Waals surface area contributed by atoms with Crippen molar-refractivity contribution in [1.82, 2.24) is 10.2 Å². The zero-order valence-corrected chi connectivity index (χ0v) is 12.3. The number of hydrogen-bond donors (Lipinski definition) is 1. The zero-order valence-electron chi connectivity index (χ0n) is 12.3. The summed E-state index contributed by atoms with van der Waals surface area (Å²) in [7, 11) is 7.93. The number of benzene rings is 1. The van der Waals surface area contributed by atoms with Crippen LogP contribution in [-0.2, 0) is 6.42 Å². The van der Waals surface area contributed by atoms with Crippen molar-refractivity contribution in [2.24, 2.45) is 0 Å². The molecule has 0 saturated heterocycles. The van der Waals surface area contributed by atoms with E-state index < -0.39 is 0 Å². The van der Waals surface area contributed by atoms with Crippen LogP contribution in [0.15, 0.2) is 18.2 Å². The van der Waals surface area contributed by atoms with Gasteiger partial charge < -0.3 is 15.0 Å². The highest BCUT2D eigenvalue weighted by Gasteiger charge is 2.11. The molecule has 0 aliphatic heterocycles. The third-order valence-electron chi connectivity index (χ3n) is 3.44. The van der Waals surface area contributed by atoms with Gasteiger partial charge >= 0.3 is 0 Å². The van der Waals surface area contributed by atoms with E-state index in [9.17, 15) is 0 Å². The average molecular weight is 250 g/mol. The van der Waals surface area contributed by atoms with Crippen molar-refractivity contribution in [2.45, 2.75) is 25.8 Å². The Morgan fingerprint density at radius 2 is 2.06 bits per heavy atom. The molecule has 1 aromatic carbocycles. The van der Waals surface area contributed by atoms with Crippen LogP contribution >= 0.6 is 0 Å². The maximum absolute atomic E-state index is 5.51. The van der Waals surface area contributed by atoms with Crippen LogP contribution in [0.3, 0.4) is 0 Å². The minimum absolute atomic E-state index is 0.408. The summed E-state index contributed by atoms with van der Waals surface area (Å²) in [5.74, 6) is 1.01. The lowest BCUT2D eigenvalue weighted by atomic mass is 10.0. The van der Waals surface area contributed by atoms with Crippen LogP contribution < -0.4 is 10.1 Å². The van der Waals surface area contributed by atoms with E-state index in [0.29, 0.717) is 6.04 Å². The molecule has 0 fully saturated rings. The average Bonchev–Trinajstić information content (AvgIpc) is 2.38. The Hall–Kier alpha value is -1.06. The minimum Gasteiger partial charge on any atom is -0.496 e. The van der Waals surface area contributed by atoms with Gasteiger partial charge in [-0.1, -0.05) is 12.1 Å². The second-order valence-corrected chi connectivity index (χ2v) is 4.92. The highest BCUT2D eigenvalue weighted by molar-refractivity contribution is 5.38. The van der Waals surface area contributed by atoms with E-state index >= 15 is 0 Å². The molecule has 3 nitrogen and oxygen atoms in total. The van der Waals surface area contributed by atoms with E-state index in [1.807, 2.05) is 7.05 Å². The van der Waals surface area contributed by atoms with Gasteiger partial charge in [0.05, 0.1) is 7.11 Å². The number of aryl methyl sites for hydroxylation is 1. The van der Waals surface area contributed by atoms with E-state index in [1.54, 1.807) is 7.11 Å². The number of ether oxygens (including phenoxy) is 1. The van der Waals surface area contributed by atoms with E-state index in [2.05, 4.69) is 49.4 Å². The van der Waals surface area contributed by atoms with E-state index in [0.717, 1.165) is 25.1 Å². The second kappa shape index (κ2) is 7.39. The summed E-state index contributed by atoms with van der Waals surface area (Å²) in [6.45, 7) is 3.24. The lowest BCUT2D eigenvalue weighted by Crippen LogP contribution is -2.16. The molecule has 0 heterocycles. The lowest BCUT2D eigenvalue weighted by molar-refractivity contribution is 0.319. The van der Waals surface area contributed by atoms with Crippen molar-refractivity contribution in [3.05, 3.63) is 29.3 Å². The normalized spacial score (nSPS) is 12.8. The molecule has 0 saturated carbocycles. The Morgan fingerprint density at radius 3 is 2.61 bits per heavy atom. The Kier molecular flexibility index (Phi) is 6.16. The highest BCUT2D eigenvalue weighted by Crippen LogP contribution is 2.26. The van der Waals surface area contributed by atoms with Gasteiger partial charge in [-0.2, -0.15) is 0 Å². The number of methoxy groups -OCH3 is 1. The van der Waals surface area contributed by atoms with Gasteiger partial charge in [-0.25, -0.2) is 0 Å². The number of nitrogens with zero attached hydrogens (tertiary/aromatic N) is 1. The summed E-state index contributed by atoms with van der Waals surface area (Å²) < 4.78 is 5.51. The molecule has 0 aliphatic carbocycles. The molecule has 102 valence electrons. The van der Waals surface area contributed by atoms with Crippen LogP contribution in [0.5, 0.6) is 5.75 Å². The van der Waals surface area contributed by atoms with Crippen molar-refractivity contribution in [3.8, 4) is 5.75 Å². The molecule has 0 bridgehead atoms. The first kappa shape index (κ1) is 15.0. The standard InChI is InChI=1S/C15H26N2O/c1-12(17(3)4)14-9-8-13(7-6-10-16-2)15(11-14)18-5/h8-9,11-12,16H,6-7,10H2,1-5H3. The van der Waals surface area contributed by atoms with Gasteiger partial charge in [0, 0.05) is 6.04 Å². The molecule has 0 radical (unpaired) electrons. The molecule has 0 amide bonds. The van der Waals surface area contributed by atoms with E-state index in [1.165, 1.54) is 11.1 Å². The SMILES string of the molecule is CNCCCc1ccc(C(C)N(C)C)cc1OC. The summed E-state index contributed by atoms with van der Waals surface area (Å²) in [6.07, 6.45) is 2.19. The fourth-order valence-electron chi connectivity index (χ4n) is 1.98. The molecular weight excluding hydrogens is 224 g/mol.